The number of pyridine rings is 1. The second kappa shape index (κ2) is 5.74. The Hall–Kier alpha value is -0.350. The summed E-state index contributed by atoms with van der Waals surface area (Å²) in [7, 11) is 2.04. The zero-order chi connectivity index (χ0) is 13.2. The largest absolute Gasteiger partial charge is 0.314 e. The monoisotopic (exact) mass is 287 g/mol. The van der Waals surface area contributed by atoms with Gasteiger partial charge in [-0.15, -0.1) is 0 Å². The van der Waals surface area contributed by atoms with E-state index in [1.54, 1.807) is 6.07 Å². The smallest absolute Gasteiger partial charge is 0.135 e. The molecule has 1 saturated heterocycles. The van der Waals surface area contributed by atoms with Crippen molar-refractivity contribution in [2.75, 3.05) is 20.1 Å². The highest BCUT2D eigenvalue weighted by Crippen LogP contribution is 2.24. The van der Waals surface area contributed by atoms with Crippen molar-refractivity contribution in [3.8, 4) is 0 Å². The Labute approximate surface area is 118 Å². The van der Waals surface area contributed by atoms with E-state index >= 15 is 0 Å². The summed E-state index contributed by atoms with van der Waals surface area (Å²) in [5.74, 6) is 0. The number of piperidine rings is 1. The van der Waals surface area contributed by atoms with Crippen LogP contribution in [0, 0.1) is 0 Å². The van der Waals surface area contributed by atoms with Crippen LogP contribution in [0.5, 0.6) is 0 Å². The van der Waals surface area contributed by atoms with Crippen LogP contribution in [0.15, 0.2) is 12.1 Å². The molecule has 0 aromatic carbocycles. The molecule has 0 bridgehead atoms. The number of nitrogens with zero attached hydrogens (tertiary/aromatic N) is 2. The van der Waals surface area contributed by atoms with Gasteiger partial charge in [0.05, 0.1) is 0 Å². The first kappa shape index (κ1) is 14.1. The maximum Gasteiger partial charge on any atom is 0.135 e. The zero-order valence-electron chi connectivity index (χ0n) is 10.8. The van der Waals surface area contributed by atoms with E-state index in [0.717, 1.165) is 38.0 Å². The van der Waals surface area contributed by atoms with Gasteiger partial charge < -0.3 is 5.32 Å². The lowest BCUT2D eigenvalue weighted by Gasteiger charge is -2.39. The maximum absolute atomic E-state index is 6.10. The van der Waals surface area contributed by atoms with Gasteiger partial charge in [0.25, 0.3) is 0 Å². The fraction of sp³-hybridized carbons (Fsp3) is 0.615. The van der Waals surface area contributed by atoms with Crippen molar-refractivity contribution in [1.82, 2.24) is 15.2 Å². The molecule has 3 nitrogen and oxygen atoms in total. The summed E-state index contributed by atoms with van der Waals surface area (Å²) in [6, 6.07) is 3.76. The molecule has 0 unspecified atom stereocenters. The number of likely N-dealkylation sites (tertiary alicyclic amines) is 1. The van der Waals surface area contributed by atoms with Gasteiger partial charge in [-0.1, -0.05) is 29.3 Å². The first-order valence-electron chi connectivity index (χ1n) is 6.25. The molecule has 0 saturated carbocycles. The second-order valence-corrected chi connectivity index (χ2v) is 5.92. The fourth-order valence-electron chi connectivity index (χ4n) is 2.25. The fourth-order valence-corrected chi connectivity index (χ4v) is 2.66. The first-order valence-corrected chi connectivity index (χ1v) is 7.00. The van der Waals surface area contributed by atoms with E-state index in [9.17, 15) is 0 Å². The molecule has 1 fully saturated rings. The first-order chi connectivity index (χ1) is 8.52. The Morgan fingerprint density at radius 2 is 2.00 bits per heavy atom. The Kier molecular flexibility index (Phi) is 4.49. The van der Waals surface area contributed by atoms with E-state index < -0.39 is 0 Å². The molecule has 1 aromatic heterocycles. The number of hydrogen-bond donors (Lipinski definition) is 1. The van der Waals surface area contributed by atoms with Crippen LogP contribution in [0.3, 0.4) is 0 Å². The summed E-state index contributed by atoms with van der Waals surface area (Å²) in [4.78, 5) is 6.49. The molecule has 2 heterocycles. The molecule has 0 atom stereocenters. The van der Waals surface area contributed by atoms with Crippen LogP contribution in [0.1, 0.15) is 25.3 Å². The van der Waals surface area contributed by atoms with Gasteiger partial charge >= 0.3 is 0 Å². The molecule has 1 aromatic rings. The van der Waals surface area contributed by atoms with Crippen LogP contribution in [0.4, 0.5) is 0 Å². The molecule has 0 aliphatic carbocycles. The summed E-state index contributed by atoms with van der Waals surface area (Å²) in [6.07, 6.45) is 2.31. The Morgan fingerprint density at radius 1 is 1.33 bits per heavy atom. The average Bonchev–Trinajstić information content (AvgIpc) is 2.36. The number of halogens is 2. The van der Waals surface area contributed by atoms with E-state index in [0.29, 0.717) is 10.3 Å². The third-order valence-electron chi connectivity index (χ3n) is 3.85. The highest BCUT2D eigenvalue weighted by atomic mass is 35.5. The van der Waals surface area contributed by atoms with Crippen LogP contribution >= 0.6 is 23.2 Å². The zero-order valence-corrected chi connectivity index (χ0v) is 12.4. The molecule has 0 amide bonds. The van der Waals surface area contributed by atoms with Crippen LogP contribution in [0.25, 0.3) is 0 Å². The van der Waals surface area contributed by atoms with Crippen LogP contribution in [-0.4, -0.2) is 35.6 Å². The summed E-state index contributed by atoms with van der Waals surface area (Å²) in [5, 5.41) is 4.37. The van der Waals surface area contributed by atoms with Crippen molar-refractivity contribution in [3.63, 3.8) is 0 Å². The Bertz CT molecular complexity index is 415. The molecule has 0 radical (unpaired) electrons. The molecule has 1 aliphatic heterocycles. The van der Waals surface area contributed by atoms with E-state index in [1.807, 2.05) is 13.1 Å². The van der Waals surface area contributed by atoms with Gasteiger partial charge in [0.2, 0.25) is 0 Å². The number of nitrogens with one attached hydrogen (secondary N) is 1. The predicted octanol–water partition coefficient (Wildman–Crippen LogP) is 2.96. The minimum absolute atomic E-state index is 0.276. The maximum atomic E-state index is 6.10. The molecular formula is C13H19Cl2N3. The van der Waals surface area contributed by atoms with Crippen LogP contribution < -0.4 is 5.32 Å². The van der Waals surface area contributed by atoms with E-state index in [-0.39, 0.29) is 5.54 Å². The van der Waals surface area contributed by atoms with Gasteiger partial charge in [-0.3, -0.25) is 4.90 Å². The molecular weight excluding hydrogens is 269 g/mol. The Morgan fingerprint density at radius 3 is 2.56 bits per heavy atom. The van der Waals surface area contributed by atoms with Gasteiger partial charge in [-0.25, -0.2) is 4.98 Å². The lowest BCUT2D eigenvalue weighted by Crippen LogP contribution is -2.49. The molecule has 100 valence electrons. The van der Waals surface area contributed by atoms with Crippen molar-refractivity contribution in [3.05, 3.63) is 28.0 Å². The van der Waals surface area contributed by atoms with Gasteiger partial charge in [-0.2, -0.15) is 0 Å². The predicted molar refractivity (Wildman–Crippen MR) is 76.2 cm³/mol. The van der Waals surface area contributed by atoms with Gasteiger partial charge in [0.1, 0.15) is 10.3 Å². The molecule has 18 heavy (non-hydrogen) atoms. The van der Waals surface area contributed by atoms with Gasteiger partial charge in [0.15, 0.2) is 0 Å². The normalized spacial score (nSPS) is 20.0. The average molecular weight is 288 g/mol. The minimum atomic E-state index is 0.276. The third-order valence-corrected chi connectivity index (χ3v) is 4.39. The molecule has 1 N–H and O–H groups in total. The van der Waals surface area contributed by atoms with Crippen molar-refractivity contribution < 1.29 is 0 Å². The van der Waals surface area contributed by atoms with Gasteiger partial charge in [-0.05, 0) is 32.9 Å². The molecule has 0 spiro atoms. The standard InChI is InChI=1S/C13H19Cl2N3/c1-13(16-2)5-7-18(8-6-13)9-10-3-4-11(14)17-12(10)15/h3-4,16H,5-9H2,1-2H3. The molecule has 5 heteroatoms. The summed E-state index contributed by atoms with van der Waals surface area (Å²) >= 11 is 11.9. The van der Waals surface area contributed by atoms with Crippen LogP contribution in [0.2, 0.25) is 10.3 Å². The van der Waals surface area contributed by atoms with Crippen molar-refractivity contribution in [2.45, 2.75) is 31.8 Å². The lowest BCUT2D eigenvalue weighted by atomic mass is 9.90. The quantitative estimate of drug-likeness (QED) is 0.867. The highest BCUT2D eigenvalue weighted by molar-refractivity contribution is 6.32. The summed E-state index contributed by atoms with van der Waals surface area (Å²) in [6.45, 7) is 5.29. The van der Waals surface area contributed by atoms with Gasteiger partial charge in [0, 0.05) is 30.7 Å². The minimum Gasteiger partial charge on any atom is -0.314 e. The van der Waals surface area contributed by atoms with Crippen molar-refractivity contribution >= 4 is 23.2 Å². The SMILES string of the molecule is CNC1(C)CCN(Cc2ccc(Cl)nc2Cl)CC1. The Balaban J connectivity index is 1.95. The summed E-state index contributed by atoms with van der Waals surface area (Å²) in [5.41, 5.74) is 1.33. The number of aromatic nitrogens is 1. The van der Waals surface area contributed by atoms with Crippen LogP contribution in [-0.2, 0) is 6.54 Å². The van der Waals surface area contributed by atoms with E-state index in [2.05, 4.69) is 22.1 Å². The lowest BCUT2D eigenvalue weighted by molar-refractivity contribution is 0.146. The molecule has 1 aliphatic rings. The van der Waals surface area contributed by atoms with E-state index in [1.165, 1.54) is 0 Å². The van der Waals surface area contributed by atoms with E-state index in [4.69, 9.17) is 23.2 Å². The molecule has 2 rings (SSSR count). The third kappa shape index (κ3) is 3.35. The highest BCUT2D eigenvalue weighted by Gasteiger charge is 2.28. The van der Waals surface area contributed by atoms with Crippen molar-refractivity contribution in [2.24, 2.45) is 0 Å². The van der Waals surface area contributed by atoms with Crippen molar-refractivity contribution in [1.29, 1.82) is 0 Å². The second-order valence-electron chi connectivity index (χ2n) is 5.17. The summed E-state index contributed by atoms with van der Waals surface area (Å²) < 4.78 is 0. The topological polar surface area (TPSA) is 28.2 Å². The number of hydrogen-bond acceptors (Lipinski definition) is 3. The number of rotatable bonds is 3.